The van der Waals surface area contributed by atoms with Gasteiger partial charge in [0.25, 0.3) is 10.0 Å². The normalized spacial score (nSPS) is 22.6. The molecule has 0 saturated heterocycles. The first-order valence-corrected chi connectivity index (χ1v) is 14.4. The Labute approximate surface area is 225 Å². The summed E-state index contributed by atoms with van der Waals surface area (Å²) in [5.74, 6) is -0.0782. The highest BCUT2D eigenvalue weighted by Crippen LogP contribution is 2.46. The van der Waals surface area contributed by atoms with Crippen LogP contribution in [0.25, 0.3) is 22.3 Å². The summed E-state index contributed by atoms with van der Waals surface area (Å²) < 4.78 is 47.6. The van der Waals surface area contributed by atoms with E-state index in [9.17, 15) is 17.6 Å². The number of carbonyl (C=O) groups excluding carboxylic acids is 1. The van der Waals surface area contributed by atoms with Crippen LogP contribution in [0.1, 0.15) is 31.2 Å². The van der Waals surface area contributed by atoms with Crippen molar-refractivity contribution in [3.05, 3.63) is 66.5 Å². The van der Waals surface area contributed by atoms with E-state index in [1.165, 1.54) is 37.7 Å². The van der Waals surface area contributed by atoms with Crippen molar-refractivity contribution in [3.8, 4) is 11.3 Å². The minimum absolute atomic E-state index is 0.0856. The smallest absolute Gasteiger partial charge is 0.311 e. The van der Waals surface area contributed by atoms with Gasteiger partial charge >= 0.3 is 5.97 Å². The summed E-state index contributed by atoms with van der Waals surface area (Å²) >= 11 is 0. The van der Waals surface area contributed by atoms with Gasteiger partial charge in [0, 0.05) is 23.2 Å². The van der Waals surface area contributed by atoms with Gasteiger partial charge in [0.1, 0.15) is 11.6 Å². The first-order valence-electron chi connectivity index (χ1n) is 12.9. The molecule has 0 spiro atoms. The van der Waals surface area contributed by atoms with Gasteiger partial charge in [-0.15, -0.1) is 0 Å². The molecule has 1 aromatic carbocycles. The molecule has 1 N–H and O–H groups in total. The molecule has 11 heteroatoms. The van der Waals surface area contributed by atoms with Gasteiger partial charge in [-0.2, -0.15) is 0 Å². The summed E-state index contributed by atoms with van der Waals surface area (Å²) in [5, 5.41) is 3.72. The Balaban J connectivity index is 1.41. The van der Waals surface area contributed by atoms with Crippen LogP contribution in [-0.2, 0) is 19.6 Å². The van der Waals surface area contributed by atoms with E-state index in [0.717, 1.165) is 41.4 Å². The fourth-order valence-corrected chi connectivity index (χ4v) is 7.46. The molecule has 0 radical (unpaired) electrons. The van der Waals surface area contributed by atoms with E-state index in [1.54, 1.807) is 18.3 Å². The average molecular weight is 550 g/mol. The Kier molecular flexibility index (Phi) is 6.33. The molecule has 3 aliphatic carbocycles. The molecule has 3 aliphatic rings. The molecular weight excluding hydrogens is 521 g/mol. The molecule has 2 bridgehead atoms. The summed E-state index contributed by atoms with van der Waals surface area (Å²) in [6.45, 7) is 1.87. The lowest BCUT2D eigenvalue weighted by molar-refractivity contribution is -0.152. The highest BCUT2D eigenvalue weighted by atomic mass is 32.2. The number of pyridine rings is 1. The highest BCUT2D eigenvalue weighted by molar-refractivity contribution is 7.90. The number of rotatable bonds is 6. The van der Waals surface area contributed by atoms with E-state index < -0.39 is 15.8 Å². The number of carbonyl (C=O) groups is 1. The Hall–Kier alpha value is -3.86. The molecule has 7 rings (SSSR count). The van der Waals surface area contributed by atoms with Gasteiger partial charge < -0.3 is 10.1 Å². The van der Waals surface area contributed by atoms with Crippen molar-refractivity contribution in [1.29, 1.82) is 0 Å². The lowest BCUT2D eigenvalue weighted by Gasteiger charge is -2.47. The topological polar surface area (TPSA) is 116 Å². The molecule has 2 atom stereocenters. The van der Waals surface area contributed by atoms with Crippen LogP contribution in [0.3, 0.4) is 0 Å². The second kappa shape index (κ2) is 9.71. The Morgan fingerprint density at radius 1 is 1.08 bits per heavy atom. The molecule has 39 heavy (non-hydrogen) atoms. The van der Waals surface area contributed by atoms with Crippen LogP contribution in [0.15, 0.2) is 60.0 Å². The summed E-state index contributed by atoms with van der Waals surface area (Å²) in [6.07, 6.45) is 9.52. The molecule has 0 aliphatic heterocycles. The van der Waals surface area contributed by atoms with E-state index in [0.29, 0.717) is 28.4 Å². The zero-order valence-corrected chi connectivity index (χ0v) is 22.4. The molecule has 3 saturated carbocycles. The number of nitrogens with one attached hydrogen (secondary N) is 1. The summed E-state index contributed by atoms with van der Waals surface area (Å²) in [4.78, 5) is 25.9. The second-order valence-corrected chi connectivity index (χ2v) is 12.2. The number of esters is 1. The summed E-state index contributed by atoms with van der Waals surface area (Å²) in [7, 11) is -2.61. The molecule has 202 valence electrons. The van der Waals surface area contributed by atoms with Crippen molar-refractivity contribution >= 4 is 32.8 Å². The number of benzene rings is 1. The van der Waals surface area contributed by atoms with Crippen molar-refractivity contribution in [2.75, 3.05) is 12.4 Å². The predicted molar refractivity (Wildman–Crippen MR) is 143 cm³/mol. The van der Waals surface area contributed by atoms with Crippen LogP contribution >= 0.6 is 0 Å². The first-order chi connectivity index (χ1) is 18.8. The Bertz CT molecular complexity index is 1660. The number of methoxy groups -OCH3 is 1. The van der Waals surface area contributed by atoms with Crippen LogP contribution in [-0.4, -0.2) is 46.5 Å². The van der Waals surface area contributed by atoms with Crippen LogP contribution < -0.4 is 5.32 Å². The third-order valence-electron chi connectivity index (χ3n) is 8.07. The number of fused-ring (bicyclic) bond motifs is 4. The molecule has 9 nitrogen and oxygen atoms in total. The lowest BCUT2D eigenvalue weighted by Crippen LogP contribution is -2.51. The van der Waals surface area contributed by atoms with Crippen LogP contribution in [0, 0.1) is 30.5 Å². The van der Waals surface area contributed by atoms with Crippen LogP contribution in [0.2, 0.25) is 0 Å². The van der Waals surface area contributed by atoms with E-state index >= 15 is 0 Å². The number of nitrogens with zero attached hydrogens (tertiary/aromatic N) is 4. The van der Waals surface area contributed by atoms with E-state index in [1.807, 2.05) is 6.92 Å². The number of aromatic nitrogens is 4. The number of hydrogen-bond donors (Lipinski definition) is 1. The summed E-state index contributed by atoms with van der Waals surface area (Å²) in [6, 6.07) is 7.59. The number of halogens is 1. The van der Waals surface area contributed by atoms with E-state index in [2.05, 4.69) is 15.3 Å². The SMILES string of the molecule is COC(=O)C1C2CCC(CC2)C1Nc1cncc(-c2cn(S(=O)(=O)c3ccc(C)cc3)c3ncc(F)cc23)n1. The minimum atomic E-state index is -4.02. The molecule has 3 aromatic heterocycles. The van der Waals surface area contributed by atoms with Gasteiger partial charge in [0.2, 0.25) is 0 Å². The fraction of sp³-hybridized carbons (Fsp3) is 0.357. The third-order valence-corrected chi connectivity index (χ3v) is 9.74. The standard InChI is InChI=1S/C28H28FN5O4S/c1-16-3-9-20(10-4-16)39(36,37)34-15-22(21-11-19(29)12-31-27(21)34)23-13-30-14-24(32-23)33-26-18-7-5-17(6-8-18)25(26)28(35)38-2/h3-4,9-15,17-18,25-26H,5-8H2,1-2H3,(H,32,33). The zero-order valence-electron chi connectivity index (χ0n) is 21.5. The monoisotopic (exact) mass is 549 g/mol. The van der Waals surface area contributed by atoms with Crippen molar-refractivity contribution in [2.45, 2.75) is 43.5 Å². The molecule has 3 fully saturated rings. The number of aryl methyl sites for hydroxylation is 1. The van der Waals surface area contributed by atoms with Gasteiger partial charge in [-0.3, -0.25) is 9.78 Å². The van der Waals surface area contributed by atoms with Gasteiger partial charge in [-0.05, 0) is 62.6 Å². The molecule has 4 aromatic rings. The summed E-state index contributed by atoms with van der Waals surface area (Å²) in [5.41, 5.74) is 1.74. The maximum absolute atomic E-state index is 14.3. The fourth-order valence-electron chi connectivity index (χ4n) is 6.13. The minimum Gasteiger partial charge on any atom is -0.469 e. The largest absolute Gasteiger partial charge is 0.469 e. The second-order valence-electron chi connectivity index (χ2n) is 10.4. The lowest BCUT2D eigenvalue weighted by atomic mass is 9.61. The predicted octanol–water partition coefficient (Wildman–Crippen LogP) is 4.57. The maximum Gasteiger partial charge on any atom is 0.311 e. The quantitative estimate of drug-likeness (QED) is 0.348. The molecule has 0 amide bonds. The Morgan fingerprint density at radius 2 is 1.79 bits per heavy atom. The van der Waals surface area contributed by atoms with E-state index in [4.69, 9.17) is 9.72 Å². The number of ether oxygens (including phenoxy) is 1. The number of hydrogen-bond acceptors (Lipinski definition) is 8. The zero-order chi connectivity index (χ0) is 27.3. The van der Waals surface area contributed by atoms with Crippen LogP contribution in [0.5, 0.6) is 0 Å². The van der Waals surface area contributed by atoms with Crippen molar-refractivity contribution < 1.29 is 22.3 Å². The van der Waals surface area contributed by atoms with Crippen molar-refractivity contribution in [1.82, 2.24) is 18.9 Å². The molecule has 2 unspecified atom stereocenters. The maximum atomic E-state index is 14.3. The van der Waals surface area contributed by atoms with E-state index in [-0.39, 0.29) is 34.4 Å². The molecule has 3 heterocycles. The van der Waals surface area contributed by atoms with Gasteiger partial charge in [-0.25, -0.2) is 26.7 Å². The van der Waals surface area contributed by atoms with Gasteiger partial charge in [0.15, 0.2) is 5.65 Å². The Morgan fingerprint density at radius 3 is 2.51 bits per heavy atom. The van der Waals surface area contributed by atoms with Crippen molar-refractivity contribution in [3.63, 3.8) is 0 Å². The number of anilines is 1. The third kappa shape index (κ3) is 4.44. The molecular formula is C28H28FN5O4S. The van der Waals surface area contributed by atoms with Crippen molar-refractivity contribution in [2.24, 2.45) is 17.8 Å². The first kappa shape index (κ1) is 25.4. The van der Waals surface area contributed by atoms with Crippen LogP contribution in [0.4, 0.5) is 10.2 Å². The average Bonchev–Trinajstić information content (AvgIpc) is 3.33. The van der Waals surface area contributed by atoms with Gasteiger partial charge in [-0.1, -0.05) is 17.7 Å². The highest BCUT2D eigenvalue weighted by Gasteiger charge is 2.48. The van der Waals surface area contributed by atoms with Gasteiger partial charge in [0.05, 0.1) is 42.2 Å².